The van der Waals surface area contributed by atoms with E-state index in [9.17, 15) is 0 Å². The van der Waals surface area contributed by atoms with Gasteiger partial charge in [-0.15, -0.1) is 0 Å². The number of aliphatic imine (C=N–C) groups is 1. The van der Waals surface area contributed by atoms with E-state index in [0.29, 0.717) is 0 Å². The van der Waals surface area contributed by atoms with Gasteiger partial charge in [0.15, 0.2) is 0 Å². The van der Waals surface area contributed by atoms with Gasteiger partial charge in [-0.1, -0.05) is 0 Å². The van der Waals surface area contributed by atoms with Crippen molar-refractivity contribution in [3.8, 4) is 0 Å². The molecule has 0 aliphatic rings. The summed E-state index contributed by atoms with van der Waals surface area (Å²) in [6.07, 6.45) is 1.53. The molecule has 0 saturated carbocycles. The Labute approximate surface area is 64.0 Å². The number of hydrogen-bond donors (Lipinski definition) is 1. The van der Waals surface area contributed by atoms with Gasteiger partial charge >= 0.3 is 0 Å². The highest BCUT2D eigenvalue weighted by Crippen LogP contribution is 2.01. The molecule has 2 nitrogen and oxygen atoms in total. The van der Waals surface area contributed by atoms with E-state index in [1.807, 2.05) is 13.8 Å². The van der Waals surface area contributed by atoms with E-state index in [2.05, 4.69) is 20.9 Å². The van der Waals surface area contributed by atoms with Crippen molar-refractivity contribution in [2.24, 2.45) is 10.7 Å². The molecule has 0 heterocycles. The summed E-state index contributed by atoms with van der Waals surface area (Å²) in [4.78, 5) is 4.08. The fraction of sp³-hybridized carbons (Fsp3) is 0.500. The van der Waals surface area contributed by atoms with Crippen LogP contribution in [0.2, 0.25) is 0 Å². The minimum absolute atomic E-state index is 0.783. The number of allylic oxidation sites excluding steroid dienone is 1. The highest BCUT2D eigenvalue weighted by Gasteiger charge is 1.91. The second-order valence-corrected chi connectivity index (χ2v) is 2.37. The lowest BCUT2D eigenvalue weighted by atomic mass is 10.4. The number of rotatable bonds is 2. The summed E-state index contributed by atoms with van der Waals surface area (Å²) in [5.41, 5.74) is 6.20. The highest BCUT2D eigenvalue weighted by molar-refractivity contribution is 9.18. The fourth-order valence-corrected chi connectivity index (χ4v) is 0.715. The van der Waals surface area contributed by atoms with E-state index >= 15 is 0 Å². The minimum Gasteiger partial charge on any atom is -0.404 e. The van der Waals surface area contributed by atoms with Crippen LogP contribution in [-0.2, 0) is 0 Å². The average Bonchev–Trinajstić information content (AvgIpc) is 1.87. The van der Waals surface area contributed by atoms with E-state index in [0.717, 1.165) is 16.7 Å². The predicted octanol–water partition coefficient (Wildman–Crippen LogP) is 1.66. The number of halogens is 1. The maximum atomic E-state index is 5.23. The molecule has 0 unspecified atom stereocenters. The number of hydrogen-bond acceptors (Lipinski definition) is 2. The molecule has 0 radical (unpaired) electrons. The maximum Gasteiger partial charge on any atom is 0.104 e. The van der Waals surface area contributed by atoms with Gasteiger partial charge < -0.3 is 5.73 Å². The molecule has 0 saturated heterocycles. The van der Waals surface area contributed by atoms with Crippen molar-refractivity contribution in [2.75, 3.05) is 6.54 Å². The number of nitrogens with two attached hydrogens (primary N) is 1. The van der Waals surface area contributed by atoms with Gasteiger partial charge in [-0.25, -0.2) is 0 Å². The van der Waals surface area contributed by atoms with Gasteiger partial charge in [0.2, 0.25) is 0 Å². The molecule has 0 amide bonds. The number of nitrogens with zero attached hydrogens (tertiary/aromatic N) is 1. The molecule has 0 bridgehead atoms. The first-order valence-corrected chi connectivity index (χ1v) is 3.60. The summed E-state index contributed by atoms with van der Waals surface area (Å²) < 4.78 is 0.840. The molecule has 52 valence electrons. The van der Waals surface area contributed by atoms with Crippen LogP contribution in [0.5, 0.6) is 0 Å². The van der Waals surface area contributed by atoms with Crippen LogP contribution < -0.4 is 5.73 Å². The largest absolute Gasteiger partial charge is 0.404 e. The average molecular weight is 191 g/mol. The van der Waals surface area contributed by atoms with Gasteiger partial charge in [0.1, 0.15) is 4.62 Å². The van der Waals surface area contributed by atoms with E-state index in [4.69, 9.17) is 5.73 Å². The second kappa shape index (κ2) is 4.56. The first-order valence-electron chi connectivity index (χ1n) is 2.81. The van der Waals surface area contributed by atoms with Crippen molar-refractivity contribution in [2.45, 2.75) is 13.8 Å². The van der Waals surface area contributed by atoms with Crippen LogP contribution in [0.3, 0.4) is 0 Å². The van der Waals surface area contributed by atoms with Crippen LogP contribution in [-0.4, -0.2) is 11.2 Å². The smallest absolute Gasteiger partial charge is 0.104 e. The Kier molecular flexibility index (Phi) is 4.40. The molecular formula is C6H11BrN2. The van der Waals surface area contributed by atoms with Crippen LogP contribution in [0.4, 0.5) is 0 Å². The zero-order valence-electron chi connectivity index (χ0n) is 5.69. The van der Waals surface area contributed by atoms with Crippen LogP contribution >= 0.6 is 15.9 Å². The van der Waals surface area contributed by atoms with E-state index in [1.165, 1.54) is 6.20 Å². The topological polar surface area (TPSA) is 38.4 Å². The molecule has 0 atom stereocenters. The summed E-state index contributed by atoms with van der Waals surface area (Å²) in [5.74, 6) is 0. The summed E-state index contributed by atoms with van der Waals surface area (Å²) in [6, 6.07) is 0. The van der Waals surface area contributed by atoms with E-state index in [1.54, 1.807) is 0 Å². The van der Waals surface area contributed by atoms with Crippen LogP contribution in [0.1, 0.15) is 13.8 Å². The monoisotopic (exact) mass is 190 g/mol. The molecule has 0 aliphatic heterocycles. The Bertz CT molecular complexity index is 138. The van der Waals surface area contributed by atoms with Gasteiger partial charge in [0.05, 0.1) is 0 Å². The quantitative estimate of drug-likeness (QED) is 0.662. The molecule has 0 fully saturated rings. The van der Waals surface area contributed by atoms with Crippen molar-refractivity contribution >= 4 is 20.6 Å². The molecule has 0 aromatic rings. The first-order chi connectivity index (χ1) is 4.22. The lowest BCUT2D eigenvalue weighted by Crippen LogP contribution is -1.93. The molecule has 0 rings (SSSR count). The predicted molar refractivity (Wildman–Crippen MR) is 44.8 cm³/mol. The molecule has 0 aliphatic carbocycles. The van der Waals surface area contributed by atoms with Crippen LogP contribution in [0.25, 0.3) is 0 Å². The van der Waals surface area contributed by atoms with Crippen molar-refractivity contribution in [3.05, 3.63) is 11.8 Å². The highest BCUT2D eigenvalue weighted by atomic mass is 79.9. The molecule has 0 spiro atoms. The molecule has 3 heteroatoms. The maximum absolute atomic E-state index is 5.23. The molecular weight excluding hydrogens is 180 g/mol. The second-order valence-electron chi connectivity index (χ2n) is 1.61. The Morgan fingerprint density at radius 3 is 2.67 bits per heavy atom. The normalized spacial score (nSPS) is 14.1. The van der Waals surface area contributed by atoms with Gasteiger partial charge in [0.25, 0.3) is 0 Å². The third-order valence-electron chi connectivity index (χ3n) is 0.872. The van der Waals surface area contributed by atoms with Gasteiger partial charge in [-0.3, -0.25) is 4.99 Å². The Balaban J connectivity index is 4.03. The van der Waals surface area contributed by atoms with Crippen molar-refractivity contribution in [1.29, 1.82) is 0 Å². The molecule has 0 aromatic carbocycles. The standard InChI is InChI=1S/C6H11BrN2/c1-3-9-6(7)5(2)4-8/h4H,3,8H2,1-2H3. The third-order valence-corrected chi connectivity index (χ3v) is 1.75. The Hall–Kier alpha value is -0.310. The summed E-state index contributed by atoms with van der Waals surface area (Å²) in [6.45, 7) is 4.67. The summed E-state index contributed by atoms with van der Waals surface area (Å²) in [5, 5.41) is 0. The fourth-order valence-electron chi connectivity index (χ4n) is 0.332. The molecule has 2 N–H and O–H groups in total. The van der Waals surface area contributed by atoms with Crippen LogP contribution in [0.15, 0.2) is 16.8 Å². The SMILES string of the molecule is CCN=C(Br)C(C)=CN. The van der Waals surface area contributed by atoms with Gasteiger partial charge in [-0.2, -0.15) is 0 Å². The third kappa shape index (κ3) is 3.30. The minimum atomic E-state index is 0.783. The lowest BCUT2D eigenvalue weighted by Gasteiger charge is -1.93. The van der Waals surface area contributed by atoms with Crippen molar-refractivity contribution < 1.29 is 0 Å². The van der Waals surface area contributed by atoms with Crippen molar-refractivity contribution in [1.82, 2.24) is 0 Å². The zero-order valence-corrected chi connectivity index (χ0v) is 7.27. The van der Waals surface area contributed by atoms with Crippen molar-refractivity contribution in [3.63, 3.8) is 0 Å². The Morgan fingerprint density at radius 1 is 1.78 bits per heavy atom. The van der Waals surface area contributed by atoms with E-state index < -0.39 is 0 Å². The van der Waals surface area contributed by atoms with Gasteiger partial charge in [-0.05, 0) is 41.6 Å². The zero-order chi connectivity index (χ0) is 7.28. The Morgan fingerprint density at radius 2 is 2.33 bits per heavy atom. The summed E-state index contributed by atoms with van der Waals surface area (Å²) >= 11 is 3.27. The summed E-state index contributed by atoms with van der Waals surface area (Å²) in [7, 11) is 0. The lowest BCUT2D eigenvalue weighted by molar-refractivity contribution is 1.13. The molecule has 9 heavy (non-hydrogen) atoms. The van der Waals surface area contributed by atoms with Gasteiger partial charge in [0, 0.05) is 6.54 Å². The van der Waals surface area contributed by atoms with E-state index in [-0.39, 0.29) is 0 Å². The van der Waals surface area contributed by atoms with Crippen LogP contribution in [0, 0.1) is 0 Å². The molecule has 0 aromatic heterocycles. The first kappa shape index (κ1) is 8.69.